The molecule has 3 heterocycles. The van der Waals surface area contributed by atoms with Crippen molar-refractivity contribution in [3.8, 4) is 28.6 Å². The third-order valence-electron chi connectivity index (χ3n) is 5.84. The number of hydrogen-bond donors (Lipinski definition) is 0. The van der Waals surface area contributed by atoms with Crippen molar-refractivity contribution < 1.29 is 19.0 Å². The zero-order valence-electron chi connectivity index (χ0n) is 19.5. The fraction of sp³-hybridized carbons (Fsp3) is 0.360. The normalized spacial score (nSPS) is 15.7. The molecule has 0 unspecified atom stereocenters. The Morgan fingerprint density at radius 1 is 1.14 bits per heavy atom. The predicted octanol–water partition coefficient (Wildman–Crippen LogP) is 6.15. The van der Waals surface area contributed by atoms with Gasteiger partial charge in [0.15, 0.2) is 17.2 Å². The van der Waals surface area contributed by atoms with E-state index in [9.17, 15) is 4.79 Å². The number of fused-ring (bicyclic) bond motifs is 4. The van der Waals surface area contributed by atoms with Gasteiger partial charge in [-0.15, -0.1) is 10.2 Å². The van der Waals surface area contributed by atoms with Gasteiger partial charge in [-0.25, -0.2) is 0 Å². The molecule has 1 aromatic heterocycles. The number of nitrogens with zero attached hydrogens (tertiary/aromatic N) is 4. The highest BCUT2D eigenvalue weighted by atomic mass is 79.9. The minimum atomic E-state index is -0.808. The minimum Gasteiger partial charge on any atom is -0.454 e. The summed E-state index contributed by atoms with van der Waals surface area (Å²) in [6, 6.07) is 11.2. The molecule has 0 saturated carbocycles. The maximum absolute atomic E-state index is 13.0. The Morgan fingerprint density at radius 3 is 2.74 bits per heavy atom. The number of thioether (sulfide) groups is 1. The van der Waals surface area contributed by atoms with Gasteiger partial charge < -0.3 is 14.2 Å². The number of para-hydroxylation sites is 1. The summed E-state index contributed by atoms with van der Waals surface area (Å²) in [5.74, 6) is 2.29. The molecule has 182 valence electrons. The molecule has 0 saturated heterocycles. The number of benzene rings is 2. The Bertz CT molecular complexity index is 1260. The first kappa shape index (κ1) is 23.9. The lowest BCUT2D eigenvalue weighted by Crippen LogP contribution is -2.36. The molecule has 1 atom stereocenters. The van der Waals surface area contributed by atoms with Crippen molar-refractivity contribution in [2.24, 2.45) is 0 Å². The van der Waals surface area contributed by atoms with Crippen LogP contribution in [0.4, 0.5) is 5.69 Å². The zero-order chi connectivity index (χ0) is 24.4. The quantitative estimate of drug-likeness (QED) is 0.253. The van der Waals surface area contributed by atoms with Crippen LogP contribution in [-0.2, 0) is 4.79 Å². The Labute approximate surface area is 216 Å². The average Bonchev–Trinajstić information content (AvgIpc) is 3.24. The van der Waals surface area contributed by atoms with E-state index < -0.39 is 6.23 Å². The monoisotopic (exact) mass is 556 g/mol. The van der Waals surface area contributed by atoms with Crippen molar-refractivity contribution >= 4 is 39.3 Å². The predicted molar refractivity (Wildman–Crippen MR) is 137 cm³/mol. The molecule has 0 bridgehead atoms. The summed E-state index contributed by atoms with van der Waals surface area (Å²) in [6.07, 6.45) is 3.88. The van der Waals surface area contributed by atoms with E-state index in [-0.39, 0.29) is 12.7 Å². The molecule has 2 aliphatic heterocycles. The van der Waals surface area contributed by atoms with E-state index in [0.717, 1.165) is 22.2 Å². The van der Waals surface area contributed by atoms with E-state index in [2.05, 4.69) is 33.1 Å². The number of anilines is 1. The molecule has 0 fully saturated rings. The van der Waals surface area contributed by atoms with Gasteiger partial charge in [0, 0.05) is 28.3 Å². The van der Waals surface area contributed by atoms with Gasteiger partial charge in [0.1, 0.15) is 0 Å². The topological polar surface area (TPSA) is 86.7 Å². The fourth-order valence-electron chi connectivity index (χ4n) is 4.13. The Hall–Kier alpha value is -2.85. The molecule has 0 radical (unpaired) electrons. The van der Waals surface area contributed by atoms with Crippen molar-refractivity contribution in [2.75, 3.05) is 17.4 Å². The van der Waals surface area contributed by atoms with Crippen LogP contribution in [0.25, 0.3) is 11.3 Å². The summed E-state index contributed by atoms with van der Waals surface area (Å²) in [6.45, 7) is 3.86. The molecule has 2 aliphatic rings. The summed E-state index contributed by atoms with van der Waals surface area (Å²) >= 11 is 5.20. The van der Waals surface area contributed by atoms with Gasteiger partial charge in [0.2, 0.25) is 30.0 Å². The number of unbranched alkanes of at least 4 members (excludes halogenated alkanes) is 3. The lowest BCUT2D eigenvalue weighted by atomic mass is 10.1. The molecule has 0 aliphatic carbocycles. The summed E-state index contributed by atoms with van der Waals surface area (Å²) in [4.78, 5) is 19.3. The molecular weight excluding hydrogens is 532 g/mol. The maximum atomic E-state index is 13.0. The van der Waals surface area contributed by atoms with E-state index in [4.69, 9.17) is 19.2 Å². The molecule has 5 rings (SSSR count). The lowest BCUT2D eigenvalue weighted by molar-refractivity contribution is -0.118. The van der Waals surface area contributed by atoms with Gasteiger partial charge in [-0.1, -0.05) is 72.1 Å². The first-order chi connectivity index (χ1) is 17.1. The largest absolute Gasteiger partial charge is 0.454 e. The van der Waals surface area contributed by atoms with Gasteiger partial charge in [-0.2, -0.15) is 4.98 Å². The maximum Gasteiger partial charge on any atom is 0.247 e. The second kappa shape index (κ2) is 10.4. The van der Waals surface area contributed by atoms with Crippen molar-refractivity contribution in [3.63, 3.8) is 0 Å². The first-order valence-electron chi connectivity index (χ1n) is 11.6. The highest BCUT2D eigenvalue weighted by Crippen LogP contribution is 2.47. The van der Waals surface area contributed by atoms with Gasteiger partial charge >= 0.3 is 0 Å². The van der Waals surface area contributed by atoms with Crippen LogP contribution in [0.5, 0.6) is 17.4 Å². The number of amides is 1. The van der Waals surface area contributed by atoms with Crippen LogP contribution in [-0.4, -0.2) is 33.6 Å². The van der Waals surface area contributed by atoms with Crippen molar-refractivity contribution in [1.29, 1.82) is 0 Å². The number of halogens is 1. The number of rotatable bonds is 7. The third-order valence-corrected chi connectivity index (χ3v) is 7.45. The van der Waals surface area contributed by atoms with Gasteiger partial charge in [-0.05, 0) is 24.6 Å². The number of ether oxygens (including phenoxy) is 3. The van der Waals surface area contributed by atoms with Crippen LogP contribution in [0.2, 0.25) is 0 Å². The fourth-order valence-corrected chi connectivity index (χ4v) is 5.43. The molecule has 1 amide bonds. The molecule has 10 heteroatoms. The molecule has 2 aromatic carbocycles. The summed E-state index contributed by atoms with van der Waals surface area (Å²) in [5.41, 5.74) is 2.61. The van der Waals surface area contributed by atoms with Crippen LogP contribution in [0.15, 0.2) is 46.0 Å². The van der Waals surface area contributed by atoms with Crippen LogP contribution >= 0.6 is 27.7 Å². The molecule has 0 spiro atoms. The Morgan fingerprint density at radius 2 is 1.94 bits per heavy atom. The first-order valence-corrected chi connectivity index (χ1v) is 13.4. The molecular formula is C25H25BrN4O4S. The van der Waals surface area contributed by atoms with E-state index in [1.54, 1.807) is 16.7 Å². The number of carbonyl (C=O) groups excluding carboxylic acids is 1. The molecule has 35 heavy (non-hydrogen) atoms. The van der Waals surface area contributed by atoms with Gasteiger partial charge in [-0.3, -0.25) is 9.69 Å². The smallest absolute Gasteiger partial charge is 0.247 e. The summed E-state index contributed by atoms with van der Waals surface area (Å²) < 4.78 is 18.3. The highest BCUT2D eigenvalue weighted by molar-refractivity contribution is 9.10. The lowest BCUT2D eigenvalue weighted by Gasteiger charge is -2.30. The standard InChI is InChI=1S/C25H25BrN4O4S/c1-3-4-5-8-11-35-25-27-23-22(28-29-25)16-9-6-7-10-19(16)30(15(2)31)24(34-23)17-12-20-21(13-18(17)26)33-14-32-20/h6-7,9-10,12-13,24H,3-5,8,11,14H2,1-2H3/t24-/m1/s1. The number of carbonyl (C=O) groups is 1. The van der Waals surface area contributed by atoms with Crippen molar-refractivity contribution in [1.82, 2.24) is 15.2 Å². The van der Waals surface area contributed by atoms with E-state index in [1.807, 2.05) is 36.4 Å². The van der Waals surface area contributed by atoms with Gasteiger partial charge in [0.05, 0.1) is 5.69 Å². The van der Waals surface area contributed by atoms with Crippen LogP contribution in [0.3, 0.4) is 0 Å². The SMILES string of the molecule is CCCCCCSc1nnc2c(n1)O[C@H](c1cc3c(cc1Br)OCO3)N(C(C)=O)c1ccccc1-2. The summed E-state index contributed by atoms with van der Waals surface area (Å²) in [5, 5.41) is 9.39. The van der Waals surface area contributed by atoms with Crippen molar-refractivity contribution in [2.45, 2.75) is 50.9 Å². The summed E-state index contributed by atoms with van der Waals surface area (Å²) in [7, 11) is 0. The average molecular weight is 557 g/mol. The third kappa shape index (κ3) is 4.81. The Kier molecular flexibility index (Phi) is 7.10. The second-order valence-electron chi connectivity index (χ2n) is 8.26. The van der Waals surface area contributed by atoms with Crippen molar-refractivity contribution in [3.05, 3.63) is 46.4 Å². The van der Waals surface area contributed by atoms with Crippen LogP contribution in [0, 0.1) is 0 Å². The zero-order valence-corrected chi connectivity index (χ0v) is 21.9. The number of hydrogen-bond acceptors (Lipinski definition) is 8. The number of aromatic nitrogens is 3. The van der Waals surface area contributed by atoms with Gasteiger partial charge in [0.25, 0.3) is 0 Å². The minimum absolute atomic E-state index is 0.148. The molecule has 0 N–H and O–H groups in total. The second-order valence-corrected chi connectivity index (χ2v) is 10.2. The highest BCUT2D eigenvalue weighted by Gasteiger charge is 2.36. The van der Waals surface area contributed by atoms with Crippen LogP contribution < -0.4 is 19.1 Å². The van der Waals surface area contributed by atoms with E-state index in [0.29, 0.717) is 39.5 Å². The van der Waals surface area contributed by atoms with E-state index >= 15 is 0 Å². The van der Waals surface area contributed by atoms with E-state index in [1.165, 1.54) is 26.2 Å². The Balaban J connectivity index is 1.57. The molecule has 3 aromatic rings. The molecule has 8 nitrogen and oxygen atoms in total. The van der Waals surface area contributed by atoms with Crippen LogP contribution in [0.1, 0.15) is 51.3 Å².